The van der Waals surface area contributed by atoms with E-state index in [1.165, 1.54) is 5.38 Å². The van der Waals surface area contributed by atoms with Crippen molar-refractivity contribution in [1.29, 1.82) is 0 Å². The Bertz CT molecular complexity index is 1000. The fourth-order valence-corrected chi connectivity index (χ4v) is 3.64. The summed E-state index contributed by atoms with van der Waals surface area (Å²) in [5, 5.41) is 17.1. The van der Waals surface area contributed by atoms with E-state index in [9.17, 15) is 37.3 Å². The Hall–Kier alpha value is -3.51. The van der Waals surface area contributed by atoms with Crippen molar-refractivity contribution in [2.45, 2.75) is 12.1 Å². The number of aliphatic carboxylic acids is 1. The summed E-state index contributed by atoms with van der Waals surface area (Å²) in [6, 6.07) is -3.20. The van der Waals surface area contributed by atoms with E-state index in [-0.39, 0.29) is 15.1 Å². The molecule has 0 unspecified atom stereocenters. The maximum absolute atomic E-state index is 12.5. The lowest BCUT2D eigenvalue weighted by molar-refractivity contribution is -0.309. The molecule has 0 aromatic carbocycles. The largest absolute Gasteiger partial charge is 0.731 e. The molecule has 30 heavy (non-hydrogen) atoms. The van der Waals surface area contributed by atoms with Crippen LogP contribution in [0.3, 0.4) is 0 Å². The second kappa shape index (κ2) is 8.88. The number of nitrogens with two attached hydrogens (primary N) is 2. The molecule has 1 aromatic heterocycles. The number of hydrogen-bond donors (Lipinski definition) is 3. The Morgan fingerprint density at radius 3 is 2.57 bits per heavy atom. The molecule has 2 atom stereocenters. The van der Waals surface area contributed by atoms with Crippen molar-refractivity contribution in [2.24, 2.45) is 10.9 Å². The summed E-state index contributed by atoms with van der Waals surface area (Å²) in [4.78, 5) is 54.0. The molecule has 2 rings (SSSR count). The summed E-state index contributed by atoms with van der Waals surface area (Å²) in [5.74, 6) is -4.13. The summed E-state index contributed by atoms with van der Waals surface area (Å²) in [6.45, 7) is -1.83. The van der Waals surface area contributed by atoms with Gasteiger partial charge >= 0.3 is 6.09 Å². The number of amides is 3. The molecule has 1 fully saturated rings. The van der Waals surface area contributed by atoms with E-state index in [1.807, 2.05) is 0 Å². The summed E-state index contributed by atoms with van der Waals surface area (Å²) >= 11 is 0.899. The van der Waals surface area contributed by atoms with Gasteiger partial charge in [0.25, 0.3) is 11.8 Å². The first-order valence-electron chi connectivity index (χ1n) is 7.55. The molecule has 1 aromatic rings. The molecule has 3 amide bonds. The van der Waals surface area contributed by atoms with Crippen LogP contribution in [0.4, 0.5) is 9.93 Å². The first-order chi connectivity index (χ1) is 13.9. The van der Waals surface area contributed by atoms with E-state index in [0.717, 1.165) is 11.3 Å². The highest BCUT2D eigenvalue weighted by Crippen LogP contribution is 2.24. The van der Waals surface area contributed by atoms with Gasteiger partial charge in [0.1, 0.15) is 24.4 Å². The number of carbonyl (C=O) groups is 4. The van der Waals surface area contributed by atoms with Crippen LogP contribution < -0.4 is 21.9 Å². The lowest BCUT2D eigenvalue weighted by atomic mass is 9.99. The average molecular weight is 464 g/mol. The minimum atomic E-state index is -5.28. The Labute approximate surface area is 171 Å². The summed E-state index contributed by atoms with van der Waals surface area (Å²) < 4.78 is 37.9. The molecule has 5 N–H and O–H groups in total. The normalized spacial score (nSPS) is 19.0. The number of oxime groups is 1. The smallest absolute Gasteiger partial charge is 0.404 e. The van der Waals surface area contributed by atoms with Gasteiger partial charge in [0.2, 0.25) is 0 Å². The van der Waals surface area contributed by atoms with Crippen LogP contribution in [-0.2, 0) is 34.3 Å². The van der Waals surface area contributed by atoms with Crippen molar-refractivity contribution in [3.8, 4) is 0 Å². The number of ether oxygens (including phenoxy) is 1. The topological polar surface area (TPSA) is 260 Å². The number of carbonyl (C=O) groups excluding carboxylic acids is 4. The van der Waals surface area contributed by atoms with Gasteiger partial charge in [-0.1, -0.05) is 5.16 Å². The van der Waals surface area contributed by atoms with Crippen LogP contribution >= 0.6 is 11.3 Å². The monoisotopic (exact) mass is 464 g/mol. The van der Waals surface area contributed by atoms with Crippen LogP contribution in [0.1, 0.15) is 5.69 Å². The van der Waals surface area contributed by atoms with Gasteiger partial charge in [-0.3, -0.25) is 9.59 Å². The Kier molecular flexibility index (Phi) is 6.74. The third-order valence-electron chi connectivity index (χ3n) is 3.41. The van der Waals surface area contributed by atoms with Crippen molar-refractivity contribution in [3.05, 3.63) is 11.1 Å². The second-order valence-electron chi connectivity index (χ2n) is 5.40. The number of carboxylic acids is 1. The number of carboxylic acid groups (broad SMARTS) is 1. The number of hydrogen-bond acceptors (Lipinski definition) is 14. The molecule has 2 heterocycles. The predicted octanol–water partition coefficient (Wildman–Crippen LogP) is -4.55. The number of rotatable bonds is 9. The number of nitrogens with one attached hydrogen (secondary N) is 1. The average Bonchev–Trinajstić information content (AvgIpc) is 3.04. The van der Waals surface area contributed by atoms with E-state index in [0.29, 0.717) is 0 Å². The molecular formula is C12H12N6O10S2-2. The van der Waals surface area contributed by atoms with Gasteiger partial charge in [-0.15, -0.1) is 11.3 Å². The van der Waals surface area contributed by atoms with E-state index in [4.69, 9.17) is 11.5 Å². The predicted molar refractivity (Wildman–Crippen MR) is 91.8 cm³/mol. The molecule has 0 aliphatic carbocycles. The van der Waals surface area contributed by atoms with Crippen LogP contribution in [0, 0.1) is 0 Å². The third kappa shape index (κ3) is 5.30. The maximum Gasteiger partial charge on any atom is 0.404 e. The van der Waals surface area contributed by atoms with E-state index in [1.54, 1.807) is 0 Å². The zero-order valence-corrected chi connectivity index (χ0v) is 16.2. The van der Waals surface area contributed by atoms with Crippen molar-refractivity contribution < 1.29 is 46.8 Å². The van der Waals surface area contributed by atoms with Crippen molar-refractivity contribution in [1.82, 2.24) is 14.6 Å². The van der Waals surface area contributed by atoms with Gasteiger partial charge < -0.3 is 40.8 Å². The molecule has 164 valence electrons. The molecule has 1 saturated heterocycles. The standard InChI is InChI=1S/C12H14N6O10S2/c13-11-15-4(3-29-11)7(17-28-2-6(19)20)9(21)16-8-5(1-27-12(14)23)18(10(8)22)30(24,25)26/h3,5,8H,1-2H2,(H2,13,15)(H2,14,23)(H,16,21)(H,19,20)(H,24,25,26)/p-2/t5-,8+/m1/s1. The molecule has 0 spiro atoms. The van der Waals surface area contributed by atoms with Crippen LogP contribution in [0.5, 0.6) is 0 Å². The molecule has 16 nitrogen and oxygen atoms in total. The number of nitrogens with zero attached hydrogens (tertiary/aromatic N) is 3. The van der Waals surface area contributed by atoms with Gasteiger partial charge in [0, 0.05) is 5.38 Å². The minimum absolute atomic E-state index is 0.0153. The second-order valence-corrected chi connectivity index (χ2v) is 7.54. The molecule has 18 heteroatoms. The number of nitrogen functional groups attached to an aromatic ring is 1. The number of primary amides is 1. The lowest BCUT2D eigenvalue weighted by Gasteiger charge is -2.46. The maximum atomic E-state index is 12.5. The zero-order valence-electron chi connectivity index (χ0n) is 14.5. The van der Waals surface area contributed by atoms with E-state index < -0.39 is 65.2 Å². The van der Waals surface area contributed by atoms with Crippen molar-refractivity contribution in [2.75, 3.05) is 18.9 Å². The van der Waals surface area contributed by atoms with E-state index in [2.05, 4.69) is 25.0 Å². The zero-order chi connectivity index (χ0) is 22.6. The van der Waals surface area contributed by atoms with Gasteiger partial charge in [-0.05, 0) is 0 Å². The molecule has 0 radical (unpaired) electrons. The van der Waals surface area contributed by atoms with Gasteiger partial charge in [-0.25, -0.2) is 22.5 Å². The Morgan fingerprint density at radius 2 is 2.07 bits per heavy atom. The summed E-state index contributed by atoms with van der Waals surface area (Å²) in [7, 11) is -5.28. The molecule has 1 aliphatic heterocycles. The van der Waals surface area contributed by atoms with Crippen LogP contribution in [0.2, 0.25) is 0 Å². The Balaban J connectivity index is 2.24. The fourth-order valence-electron chi connectivity index (χ4n) is 2.24. The SMILES string of the molecule is NC(=O)OC[C@@H]1[C@H](NC(=O)C(=NOCC(=O)[O-])c2csc(N)n2)C(=O)N1S(=O)(=O)[O-]. The minimum Gasteiger partial charge on any atom is -0.731 e. The Morgan fingerprint density at radius 1 is 1.40 bits per heavy atom. The van der Waals surface area contributed by atoms with Gasteiger partial charge in [0.15, 0.2) is 27.8 Å². The highest BCUT2D eigenvalue weighted by molar-refractivity contribution is 7.84. The number of thiazole rings is 1. The highest BCUT2D eigenvalue weighted by atomic mass is 32.2. The number of aromatic nitrogens is 1. The van der Waals surface area contributed by atoms with Crippen molar-refractivity contribution >= 4 is 56.4 Å². The summed E-state index contributed by atoms with van der Waals surface area (Å²) in [6.07, 6.45) is -1.32. The third-order valence-corrected chi connectivity index (χ3v) is 5.02. The van der Waals surface area contributed by atoms with Crippen LogP contribution in [0.15, 0.2) is 10.5 Å². The first kappa shape index (κ1) is 22.8. The quantitative estimate of drug-likeness (QED) is 0.135. The first-order valence-corrected chi connectivity index (χ1v) is 9.79. The lowest BCUT2D eigenvalue weighted by Crippen LogP contribution is -2.73. The highest BCUT2D eigenvalue weighted by Gasteiger charge is 2.52. The van der Waals surface area contributed by atoms with Crippen molar-refractivity contribution in [3.63, 3.8) is 0 Å². The molecule has 0 saturated carbocycles. The molecule has 1 aliphatic rings. The number of β-lactam (4-membered cyclic amide) rings is 1. The van der Waals surface area contributed by atoms with Gasteiger partial charge in [-0.2, -0.15) is 0 Å². The fraction of sp³-hybridized carbons (Fsp3) is 0.333. The van der Waals surface area contributed by atoms with Gasteiger partial charge in [0.05, 0.1) is 5.97 Å². The van der Waals surface area contributed by atoms with E-state index >= 15 is 0 Å². The molecular weight excluding hydrogens is 452 g/mol. The molecule has 0 bridgehead atoms. The van der Waals surface area contributed by atoms with Crippen LogP contribution in [0.25, 0.3) is 0 Å². The van der Waals surface area contributed by atoms with Crippen LogP contribution in [-0.4, -0.2) is 77.1 Å². The summed E-state index contributed by atoms with van der Waals surface area (Å²) in [5.41, 5.74) is 9.47. The number of anilines is 1.